The van der Waals surface area contributed by atoms with Crippen molar-refractivity contribution in [2.45, 2.75) is 39.2 Å². The van der Waals surface area contributed by atoms with Crippen molar-refractivity contribution in [3.63, 3.8) is 0 Å². The third-order valence-corrected chi connectivity index (χ3v) is 4.76. The lowest BCUT2D eigenvalue weighted by Crippen LogP contribution is -2.29. The third-order valence-electron chi connectivity index (χ3n) is 3.90. The number of benzene rings is 2. The molecule has 112 valence electrons. The van der Waals surface area contributed by atoms with Crippen molar-refractivity contribution in [1.82, 2.24) is 5.43 Å². The van der Waals surface area contributed by atoms with Gasteiger partial charge >= 0.3 is 0 Å². The van der Waals surface area contributed by atoms with Crippen molar-refractivity contribution in [2.75, 3.05) is 0 Å². The van der Waals surface area contributed by atoms with Crippen LogP contribution in [-0.4, -0.2) is 0 Å². The Bertz CT molecular complexity index is 612. The van der Waals surface area contributed by atoms with Crippen molar-refractivity contribution in [3.05, 3.63) is 69.2 Å². The summed E-state index contributed by atoms with van der Waals surface area (Å²) in [6, 6.07) is 14.9. The highest BCUT2D eigenvalue weighted by Crippen LogP contribution is 2.30. The Morgan fingerprint density at radius 1 is 1.05 bits per heavy atom. The minimum Gasteiger partial charge on any atom is -0.271 e. The van der Waals surface area contributed by atoms with E-state index in [1.54, 1.807) is 0 Å². The number of nitrogens with one attached hydrogen (secondary N) is 1. The van der Waals surface area contributed by atoms with Crippen LogP contribution in [0.2, 0.25) is 0 Å². The Labute approximate surface area is 135 Å². The molecule has 0 spiro atoms. The van der Waals surface area contributed by atoms with E-state index in [-0.39, 0.29) is 11.5 Å². The van der Waals surface area contributed by atoms with Gasteiger partial charge in [0.05, 0.1) is 6.04 Å². The summed E-state index contributed by atoms with van der Waals surface area (Å²) in [6.07, 6.45) is 0. The molecule has 0 aromatic heterocycles. The van der Waals surface area contributed by atoms with Gasteiger partial charge in [-0.15, -0.1) is 0 Å². The molecule has 21 heavy (non-hydrogen) atoms. The molecule has 1 atom stereocenters. The van der Waals surface area contributed by atoms with E-state index in [2.05, 4.69) is 85.4 Å². The SMILES string of the molecule is Cc1c(Br)cccc1C(NN)c1ccc(C(C)(C)C)cc1. The van der Waals surface area contributed by atoms with Gasteiger partial charge in [0.25, 0.3) is 0 Å². The Morgan fingerprint density at radius 2 is 1.67 bits per heavy atom. The summed E-state index contributed by atoms with van der Waals surface area (Å²) in [5, 5.41) is 0. The van der Waals surface area contributed by atoms with Gasteiger partial charge in [-0.2, -0.15) is 0 Å². The Kier molecular flexibility index (Phi) is 4.87. The molecule has 0 radical (unpaired) electrons. The molecule has 1 unspecified atom stereocenters. The first kappa shape index (κ1) is 16.2. The third kappa shape index (κ3) is 3.54. The molecule has 2 nitrogen and oxygen atoms in total. The fourth-order valence-corrected chi connectivity index (χ4v) is 2.86. The van der Waals surface area contributed by atoms with E-state index in [0.717, 1.165) is 4.47 Å². The molecule has 0 saturated carbocycles. The van der Waals surface area contributed by atoms with E-state index in [0.29, 0.717) is 0 Å². The first-order valence-electron chi connectivity index (χ1n) is 7.16. The van der Waals surface area contributed by atoms with Gasteiger partial charge in [-0.3, -0.25) is 5.84 Å². The first-order chi connectivity index (χ1) is 9.84. The Hall–Kier alpha value is -1.16. The van der Waals surface area contributed by atoms with E-state index < -0.39 is 0 Å². The smallest absolute Gasteiger partial charge is 0.0713 e. The van der Waals surface area contributed by atoms with Crippen LogP contribution in [0.15, 0.2) is 46.9 Å². The molecule has 0 aliphatic carbocycles. The fraction of sp³-hybridized carbons (Fsp3) is 0.333. The van der Waals surface area contributed by atoms with Crippen LogP contribution in [0.25, 0.3) is 0 Å². The van der Waals surface area contributed by atoms with Crippen LogP contribution >= 0.6 is 15.9 Å². The maximum absolute atomic E-state index is 5.81. The molecular weight excluding hydrogens is 324 g/mol. The normalized spacial score (nSPS) is 13.2. The molecule has 2 aromatic carbocycles. The molecule has 3 heteroatoms. The summed E-state index contributed by atoms with van der Waals surface area (Å²) in [7, 11) is 0. The van der Waals surface area contributed by atoms with Crippen LogP contribution in [0.1, 0.15) is 49.1 Å². The van der Waals surface area contributed by atoms with Crippen LogP contribution in [0.3, 0.4) is 0 Å². The highest BCUT2D eigenvalue weighted by molar-refractivity contribution is 9.10. The molecule has 0 aliphatic heterocycles. The Balaban J connectivity index is 2.40. The lowest BCUT2D eigenvalue weighted by Gasteiger charge is -2.23. The van der Waals surface area contributed by atoms with Gasteiger partial charge in [-0.25, -0.2) is 5.43 Å². The van der Waals surface area contributed by atoms with Crippen LogP contribution < -0.4 is 11.3 Å². The molecule has 0 saturated heterocycles. The van der Waals surface area contributed by atoms with E-state index >= 15 is 0 Å². The Morgan fingerprint density at radius 3 is 2.19 bits per heavy atom. The van der Waals surface area contributed by atoms with Gasteiger partial charge < -0.3 is 0 Å². The summed E-state index contributed by atoms with van der Waals surface area (Å²) in [5.41, 5.74) is 8.00. The average molecular weight is 347 g/mol. The minimum absolute atomic E-state index is 0.00322. The topological polar surface area (TPSA) is 38.0 Å². The summed E-state index contributed by atoms with van der Waals surface area (Å²) in [5.74, 6) is 5.81. The molecule has 0 fully saturated rings. The van der Waals surface area contributed by atoms with Crippen LogP contribution in [0, 0.1) is 6.92 Å². The van der Waals surface area contributed by atoms with Crippen molar-refractivity contribution in [3.8, 4) is 0 Å². The molecular formula is C18H23BrN2. The number of hydrazine groups is 1. The lowest BCUT2D eigenvalue weighted by atomic mass is 9.85. The van der Waals surface area contributed by atoms with Crippen molar-refractivity contribution in [1.29, 1.82) is 0 Å². The maximum Gasteiger partial charge on any atom is 0.0713 e. The summed E-state index contributed by atoms with van der Waals surface area (Å²) in [4.78, 5) is 0. The van der Waals surface area contributed by atoms with E-state index in [9.17, 15) is 0 Å². The number of halogens is 1. The first-order valence-corrected chi connectivity index (χ1v) is 7.95. The summed E-state index contributed by atoms with van der Waals surface area (Å²) < 4.78 is 1.10. The zero-order chi connectivity index (χ0) is 15.6. The molecule has 2 rings (SSSR count). The number of rotatable bonds is 3. The van der Waals surface area contributed by atoms with Crippen LogP contribution in [0.5, 0.6) is 0 Å². The molecule has 2 aromatic rings. The van der Waals surface area contributed by atoms with Gasteiger partial charge in [-0.1, -0.05) is 73.1 Å². The highest BCUT2D eigenvalue weighted by atomic mass is 79.9. The van der Waals surface area contributed by atoms with Crippen molar-refractivity contribution < 1.29 is 0 Å². The molecule has 0 amide bonds. The quantitative estimate of drug-likeness (QED) is 0.629. The molecule has 3 N–H and O–H groups in total. The lowest BCUT2D eigenvalue weighted by molar-refractivity contribution is 0.587. The van der Waals surface area contributed by atoms with Gasteiger partial charge in [0.2, 0.25) is 0 Å². The molecule has 0 bridgehead atoms. The minimum atomic E-state index is -0.00322. The average Bonchev–Trinajstić information content (AvgIpc) is 2.44. The zero-order valence-corrected chi connectivity index (χ0v) is 14.7. The van der Waals surface area contributed by atoms with E-state index in [1.807, 2.05) is 6.07 Å². The fourth-order valence-electron chi connectivity index (χ4n) is 2.48. The summed E-state index contributed by atoms with van der Waals surface area (Å²) >= 11 is 3.59. The number of hydrogen-bond donors (Lipinski definition) is 2. The maximum atomic E-state index is 5.81. The van der Waals surface area contributed by atoms with Gasteiger partial charge in [-0.05, 0) is 40.7 Å². The van der Waals surface area contributed by atoms with Gasteiger partial charge in [0.15, 0.2) is 0 Å². The zero-order valence-electron chi connectivity index (χ0n) is 13.1. The largest absolute Gasteiger partial charge is 0.271 e. The number of nitrogens with two attached hydrogens (primary N) is 1. The van der Waals surface area contributed by atoms with Crippen LogP contribution in [-0.2, 0) is 5.41 Å². The second kappa shape index (κ2) is 6.30. The van der Waals surface area contributed by atoms with E-state index in [4.69, 9.17) is 5.84 Å². The van der Waals surface area contributed by atoms with Gasteiger partial charge in [0, 0.05) is 4.47 Å². The van der Waals surface area contributed by atoms with E-state index in [1.165, 1.54) is 22.3 Å². The van der Waals surface area contributed by atoms with Crippen molar-refractivity contribution in [2.24, 2.45) is 5.84 Å². The molecule has 0 aliphatic rings. The second-order valence-corrected chi connectivity index (χ2v) is 7.28. The monoisotopic (exact) mass is 346 g/mol. The predicted octanol–water partition coefficient (Wildman–Crippen LogP) is 4.61. The summed E-state index contributed by atoms with van der Waals surface area (Å²) in [6.45, 7) is 8.77. The highest BCUT2D eigenvalue weighted by Gasteiger charge is 2.18. The predicted molar refractivity (Wildman–Crippen MR) is 93.2 cm³/mol. The van der Waals surface area contributed by atoms with Gasteiger partial charge in [0.1, 0.15) is 0 Å². The second-order valence-electron chi connectivity index (χ2n) is 6.43. The molecule has 0 heterocycles. The number of hydrogen-bond acceptors (Lipinski definition) is 2. The standard InChI is InChI=1S/C18H23BrN2/c1-12-15(6-5-7-16(12)19)17(21-20)13-8-10-14(11-9-13)18(2,3)4/h5-11,17,21H,20H2,1-4H3. The van der Waals surface area contributed by atoms with Crippen LogP contribution in [0.4, 0.5) is 0 Å². The van der Waals surface area contributed by atoms with Crippen molar-refractivity contribution >= 4 is 15.9 Å².